The molecule has 0 spiro atoms. The van der Waals surface area contributed by atoms with Crippen molar-refractivity contribution < 1.29 is 4.39 Å². The second-order valence-corrected chi connectivity index (χ2v) is 5.04. The van der Waals surface area contributed by atoms with Crippen LogP contribution in [-0.4, -0.2) is 22.9 Å². The van der Waals surface area contributed by atoms with Crippen LogP contribution in [0.2, 0.25) is 0 Å². The normalized spacial score (nSPS) is 10.7. The number of para-hydroxylation sites is 1. The minimum absolute atomic E-state index is 0.0352. The van der Waals surface area contributed by atoms with Gasteiger partial charge in [-0.3, -0.25) is 15.4 Å². The average Bonchev–Trinajstić information content (AvgIpc) is 2.56. The van der Waals surface area contributed by atoms with Crippen LogP contribution in [-0.2, 0) is 0 Å². The van der Waals surface area contributed by atoms with Crippen molar-refractivity contribution in [3.63, 3.8) is 0 Å². The number of nitrogens with zero attached hydrogens (tertiary/aromatic N) is 3. The number of hydrogen-bond acceptors (Lipinski definition) is 5. The Balaban J connectivity index is 2.35. The molecular weight excluding hydrogens is 295 g/mol. The van der Waals surface area contributed by atoms with Gasteiger partial charge in [0.2, 0.25) is 5.62 Å². The van der Waals surface area contributed by atoms with Gasteiger partial charge in [-0.05, 0) is 24.3 Å². The molecule has 0 amide bonds. The van der Waals surface area contributed by atoms with Gasteiger partial charge in [-0.2, -0.15) is 4.98 Å². The summed E-state index contributed by atoms with van der Waals surface area (Å²) >= 11 is 0. The van der Waals surface area contributed by atoms with E-state index in [1.54, 1.807) is 11.9 Å². The maximum atomic E-state index is 13.9. The Kier molecular flexibility index (Phi) is 3.53. The molecule has 0 saturated heterocycles. The summed E-state index contributed by atoms with van der Waals surface area (Å²) < 4.78 is 15.2. The number of rotatable bonds is 3. The van der Waals surface area contributed by atoms with E-state index in [1.165, 1.54) is 16.7 Å². The fraction of sp³-hybridized carbons (Fsp3) is 0.0625. The number of aromatic nitrogens is 2. The zero-order chi connectivity index (χ0) is 16.6. The van der Waals surface area contributed by atoms with Crippen LogP contribution in [0.15, 0.2) is 42.5 Å². The molecule has 0 aliphatic heterocycles. The van der Waals surface area contributed by atoms with Crippen molar-refractivity contribution in [1.29, 1.82) is 10.8 Å². The summed E-state index contributed by atoms with van der Waals surface area (Å²) in [7, 11) is 1.79. The van der Waals surface area contributed by atoms with Gasteiger partial charge in [-0.25, -0.2) is 4.39 Å². The largest absolute Gasteiger partial charge is 0.396 e. The predicted octanol–water partition coefficient (Wildman–Crippen LogP) is 2.46. The Bertz CT molecular complexity index is 948. The maximum absolute atomic E-state index is 13.9. The molecule has 0 radical (unpaired) electrons. The smallest absolute Gasteiger partial charge is 0.229 e. The highest BCUT2D eigenvalue weighted by Crippen LogP contribution is 2.29. The van der Waals surface area contributed by atoms with Crippen LogP contribution < -0.4 is 16.3 Å². The van der Waals surface area contributed by atoms with Crippen LogP contribution in [0.25, 0.3) is 10.9 Å². The Morgan fingerprint density at radius 1 is 1.26 bits per heavy atom. The molecule has 0 aliphatic carbocycles. The highest BCUT2D eigenvalue weighted by molar-refractivity contribution is 5.95. The highest BCUT2D eigenvalue weighted by Gasteiger charge is 2.15. The summed E-state index contributed by atoms with van der Waals surface area (Å²) in [4.78, 5) is 5.98. The first-order chi connectivity index (χ1) is 11.0. The standard InChI is InChI=1S/C16H15FN6/c1-22(10-5-3-2-4-6-10)15-11-7-12(17)13(19)8-14(11)23(9-18)16(20)21-15/h2-9,18,20H,19H2,1H3. The molecule has 0 aliphatic rings. The minimum atomic E-state index is -0.559. The topological polar surface area (TPSA) is 94.8 Å². The number of hydrogen-bond donors (Lipinski definition) is 3. The van der Waals surface area contributed by atoms with Gasteiger partial charge in [0.25, 0.3) is 0 Å². The third kappa shape index (κ3) is 2.42. The van der Waals surface area contributed by atoms with Gasteiger partial charge >= 0.3 is 0 Å². The van der Waals surface area contributed by atoms with Crippen LogP contribution in [0.4, 0.5) is 21.6 Å². The molecule has 2 aromatic carbocycles. The van der Waals surface area contributed by atoms with Gasteiger partial charge in [0.15, 0.2) is 0 Å². The quantitative estimate of drug-likeness (QED) is 0.394. The first-order valence-corrected chi connectivity index (χ1v) is 6.88. The molecule has 1 heterocycles. The van der Waals surface area contributed by atoms with Crippen LogP contribution in [0, 0.1) is 16.6 Å². The van der Waals surface area contributed by atoms with Gasteiger partial charge in [0.1, 0.15) is 11.6 Å². The summed E-state index contributed by atoms with van der Waals surface area (Å²) in [6.07, 6.45) is 0.960. The first-order valence-electron chi connectivity index (χ1n) is 6.88. The molecular formula is C16H15FN6. The molecule has 6 nitrogen and oxygen atoms in total. The van der Waals surface area contributed by atoms with Crippen molar-refractivity contribution in [2.24, 2.45) is 0 Å². The second kappa shape index (κ2) is 5.53. The van der Waals surface area contributed by atoms with Crippen molar-refractivity contribution >= 4 is 34.4 Å². The third-order valence-electron chi connectivity index (χ3n) is 3.65. The summed E-state index contributed by atoms with van der Waals surface area (Å²) in [6.45, 7) is 0. The Hall–Kier alpha value is -3.22. The van der Waals surface area contributed by atoms with E-state index < -0.39 is 5.82 Å². The van der Waals surface area contributed by atoms with Crippen LogP contribution in [0.3, 0.4) is 0 Å². The molecule has 7 heteroatoms. The number of benzene rings is 2. The fourth-order valence-corrected chi connectivity index (χ4v) is 2.45. The number of nitrogens with one attached hydrogen (secondary N) is 2. The summed E-state index contributed by atoms with van der Waals surface area (Å²) in [6, 6.07) is 12.1. The lowest BCUT2D eigenvalue weighted by Gasteiger charge is -2.21. The molecule has 3 aromatic rings. The molecule has 0 atom stereocenters. The van der Waals surface area contributed by atoms with E-state index in [2.05, 4.69) is 4.98 Å². The molecule has 116 valence electrons. The molecule has 4 N–H and O–H groups in total. The monoisotopic (exact) mass is 310 g/mol. The summed E-state index contributed by atoms with van der Waals surface area (Å²) in [5.74, 6) is -0.135. The van der Waals surface area contributed by atoms with E-state index in [9.17, 15) is 4.39 Å². The van der Waals surface area contributed by atoms with Crippen molar-refractivity contribution in [2.75, 3.05) is 17.7 Å². The summed E-state index contributed by atoms with van der Waals surface area (Å²) in [5.41, 5.74) is 6.78. The zero-order valence-electron chi connectivity index (χ0n) is 12.4. The number of anilines is 3. The number of nitrogens with two attached hydrogens (primary N) is 1. The van der Waals surface area contributed by atoms with Gasteiger partial charge in [0, 0.05) is 18.1 Å². The molecule has 0 saturated carbocycles. The van der Waals surface area contributed by atoms with Gasteiger partial charge in [-0.15, -0.1) is 0 Å². The van der Waals surface area contributed by atoms with E-state index in [0.29, 0.717) is 16.7 Å². The molecule has 23 heavy (non-hydrogen) atoms. The Morgan fingerprint density at radius 3 is 2.61 bits per heavy atom. The maximum Gasteiger partial charge on any atom is 0.229 e. The Labute approximate surface area is 131 Å². The van der Waals surface area contributed by atoms with E-state index in [1.807, 2.05) is 30.3 Å². The zero-order valence-corrected chi connectivity index (χ0v) is 12.4. The van der Waals surface area contributed by atoms with Crippen LogP contribution >= 0.6 is 0 Å². The molecule has 1 aromatic heterocycles. The SMILES string of the molecule is CN(c1ccccc1)c1nc(=N)n(C=N)c2cc(N)c(F)cc12. The van der Waals surface area contributed by atoms with Crippen molar-refractivity contribution in [3.05, 3.63) is 53.9 Å². The number of nitrogen functional groups attached to an aromatic ring is 1. The van der Waals surface area contributed by atoms with E-state index in [-0.39, 0.29) is 11.3 Å². The number of fused-ring (bicyclic) bond motifs is 1. The van der Waals surface area contributed by atoms with Gasteiger partial charge in [-0.1, -0.05) is 18.2 Å². The number of halogens is 1. The molecule has 0 bridgehead atoms. The third-order valence-corrected chi connectivity index (χ3v) is 3.65. The Morgan fingerprint density at radius 2 is 1.96 bits per heavy atom. The lowest BCUT2D eigenvalue weighted by molar-refractivity contribution is 0.634. The van der Waals surface area contributed by atoms with E-state index in [0.717, 1.165) is 12.0 Å². The van der Waals surface area contributed by atoms with Crippen molar-refractivity contribution in [2.45, 2.75) is 0 Å². The van der Waals surface area contributed by atoms with Gasteiger partial charge in [0.05, 0.1) is 17.5 Å². The molecule has 3 rings (SSSR count). The molecule has 0 fully saturated rings. The highest BCUT2D eigenvalue weighted by atomic mass is 19.1. The lowest BCUT2D eigenvalue weighted by Crippen LogP contribution is -2.26. The first kappa shape index (κ1) is 14.7. The fourth-order valence-electron chi connectivity index (χ4n) is 2.45. The van der Waals surface area contributed by atoms with E-state index >= 15 is 0 Å². The summed E-state index contributed by atoms with van der Waals surface area (Å²) in [5, 5.41) is 16.0. The van der Waals surface area contributed by atoms with Crippen molar-refractivity contribution in [1.82, 2.24) is 9.55 Å². The average molecular weight is 310 g/mol. The second-order valence-electron chi connectivity index (χ2n) is 5.04. The lowest BCUT2D eigenvalue weighted by atomic mass is 10.2. The van der Waals surface area contributed by atoms with Crippen LogP contribution in [0.5, 0.6) is 0 Å². The van der Waals surface area contributed by atoms with Crippen LogP contribution in [0.1, 0.15) is 0 Å². The van der Waals surface area contributed by atoms with Crippen molar-refractivity contribution in [3.8, 4) is 0 Å². The minimum Gasteiger partial charge on any atom is -0.396 e. The predicted molar refractivity (Wildman–Crippen MR) is 88.6 cm³/mol. The van der Waals surface area contributed by atoms with E-state index in [4.69, 9.17) is 16.6 Å². The van der Waals surface area contributed by atoms with Gasteiger partial charge < -0.3 is 10.6 Å². The molecule has 0 unspecified atom stereocenters.